The van der Waals surface area contributed by atoms with Gasteiger partial charge in [0.1, 0.15) is 0 Å². The topological polar surface area (TPSA) is 67.9 Å². The van der Waals surface area contributed by atoms with Crippen LogP contribution in [0.5, 0.6) is 0 Å². The summed E-state index contributed by atoms with van der Waals surface area (Å²) in [5.41, 5.74) is -0.276. The molecule has 5 nitrogen and oxygen atoms in total. The number of ether oxygens (including phenoxy) is 1. The van der Waals surface area contributed by atoms with Crippen LogP contribution in [0.3, 0.4) is 0 Å². The van der Waals surface area contributed by atoms with Gasteiger partial charge >= 0.3 is 5.97 Å². The number of hydrogen-bond acceptors (Lipinski definition) is 4. The number of nitriles is 1. The Bertz CT molecular complexity index is 433. The minimum atomic E-state index is -1.14. The van der Waals surface area contributed by atoms with Crippen molar-refractivity contribution in [3.8, 4) is 6.07 Å². The molecule has 0 saturated carbocycles. The van der Waals surface area contributed by atoms with Gasteiger partial charge in [0, 0.05) is 19.2 Å². The summed E-state index contributed by atoms with van der Waals surface area (Å²) in [4.78, 5) is 11.7. The van der Waals surface area contributed by atoms with Crippen LogP contribution >= 0.6 is 0 Å². The van der Waals surface area contributed by atoms with Crippen molar-refractivity contribution in [3.63, 3.8) is 0 Å². The number of rotatable bonds is 5. The molecule has 0 N–H and O–H groups in total. The highest BCUT2D eigenvalue weighted by Crippen LogP contribution is 2.23. The van der Waals surface area contributed by atoms with Crippen LogP contribution in [0.15, 0.2) is 12.4 Å². The standard InChI is InChI=1S/C12H17N3O2/c1-4-15-8-10(7-14-15)6-12(3,9-13)11(16)17-5-2/h7-8H,4-6H2,1-3H3. The van der Waals surface area contributed by atoms with Crippen molar-refractivity contribution in [1.82, 2.24) is 9.78 Å². The van der Waals surface area contributed by atoms with E-state index in [-0.39, 0.29) is 6.61 Å². The molecule has 1 aromatic rings. The van der Waals surface area contributed by atoms with Crippen LogP contribution in [0.25, 0.3) is 0 Å². The zero-order chi connectivity index (χ0) is 12.9. The van der Waals surface area contributed by atoms with Crippen LogP contribution in [-0.2, 0) is 22.5 Å². The van der Waals surface area contributed by atoms with Gasteiger partial charge in [0.05, 0.1) is 18.9 Å². The third-order valence-electron chi connectivity index (χ3n) is 2.54. The molecule has 1 atom stereocenters. The van der Waals surface area contributed by atoms with Crippen molar-refractivity contribution in [3.05, 3.63) is 18.0 Å². The minimum Gasteiger partial charge on any atom is -0.465 e. The molecule has 0 amide bonds. The first-order chi connectivity index (χ1) is 8.05. The first-order valence-electron chi connectivity index (χ1n) is 5.65. The van der Waals surface area contributed by atoms with Gasteiger partial charge in [0.2, 0.25) is 0 Å². The molecule has 1 unspecified atom stereocenters. The Morgan fingerprint density at radius 3 is 2.82 bits per heavy atom. The molecule has 1 rings (SSSR count). The maximum absolute atomic E-state index is 11.7. The second-order valence-corrected chi connectivity index (χ2v) is 4.05. The fraction of sp³-hybridized carbons (Fsp3) is 0.583. The molecule has 1 heterocycles. The summed E-state index contributed by atoms with van der Waals surface area (Å²) < 4.78 is 6.68. The molecular formula is C12H17N3O2. The third kappa shape index (κ3) is 3.06. The first-order valence-corrected chi connectivity index (χ1v) is 5.65. The van der Waals surface area contributed by atoms with E-state index in [4.69, 9.17) is 10.00 Å². The second-order valence-electron chi connectivity index (χ2n) is 4.05. The van der Waals surface area contributed by atoms with Gasteiger partial charge in [-0.15, -0.1) is 0 Å². The second kappa shape index (κ2) is 5.48. The summed E-state index contributed by atoms with van der Waals surface area (Å²) in [5.74, 6) is -0.480. The molecule has 0 aliphatic heterocycles. The van der Waals surface area contributed by atoms with E-state index in [2.05, 4.69) is 5.10 Å². The lowest BCUT2D eigenvalue weighted by Gasteiger charge is -2.18. The predicted octanol–water partition coefficient (Wildman–Crippen LogP) is 1.54. The molecule has 0 radical (unpaired) electrons. The van der Waals surface area contributed by atoms with Gasteiger partial charge in [-0.3, -0.25) is 9.48 Å². The average molecular weight is 235 g/mol. The number of aromatic nitrogens is 2. The number of hydrogen-bond donors (Lipinski definition) is 0. The molecule has 0 aliphatic carbocycles. The van der Waals surface area contributed by atoms with E-state index in [0.29, 0.717) is 6.42 Å². The number of nitrogens with zero attached hydrogens (tertiary/aromatic N) is 3. The van der Waals surface area contributed by atoms with Gasteiger partial charge in [0.25, 0.3) is 0 Å². The SMILES string of the molecule is CCOC(=O)C(C)(C#N)Cc1cnn(CC)c1. The molecule has 5 heteroatoms. The molecule has 0 aromatic carbocycles. The Hall–Kier alpha value is -1.83. The Balaban J connectivity index is 2.82. The van der Waals surface area contributed by atoms with Gasteiger partial charge in [-0.2, -0.15) is 10.4 Å². The van der Waals surface area contributed by atoms with Crippen molar-refractivity contribution >= 4 is 5.97 Å². The predicted molar refractivity (Wildman–Crippen MR) is 62.0 cm³/mol. The number of carbonyl (C=O) groups excluding carboxylic acids is 1. The smallest absolute Gasteiger partial charge is 0.326 e. The summed E-state index contributed by atoms with van der Waals surface area (Å²) in [7, 11) is 0. The molecule has 0 spiro atoms. The number of aryl methyl sites for hydroxylation is 1. The Labute approximate surface area is 101 Å². The molecule has 0 aliphatic rings. The van der Waals surface area contributed by atoms with E-state index in [1.54, 1.807) is 24.7 Å². The maximum Gasteiger partial charge on any atom is 0.326 e. The molecule has 1 aromatic heterocycles. The van der Waals surface area contributed by atoms with Crippen LogP contribution in [0.4, 0.5) is 0 Å². The van der Waals surface area contributed by atoms with E-state index in [1.165, 1.54) is 0 Å². The van der Waals surface area contributed by atoms with E-state index >= 15 is 0 Å². The van der Waals surface area contributed by atoms with Crippen LogP contribution in [0, 0.1) is 16.7 Å². The van der Waals surface area contributed by atoms with E-state index < -0.39 is 11.4 Å². The third-order valence-corrected chi connectivity index (χ3v) is 2.54. The van der Waals surface area contributed by atoms with Crippen molar-refractivity contribution in [2.24, 2.45) is 5.41 Å². The molecule has 92 valence electrons. The highest BCUT2D eigenvalue weighted by molar-refractivity contribution is 5.79. The summed E-state index contributed by atoms with van der Waals surface area (Å²) in [6.07, 6.45) is 3.84. The normalized spacial score (nSPS) is 13.8. The molecule has 0 bridgehead atoms. The van der Waals surface area contributed by atoms with Crippen molar-refractivity contribution in [1.29, 1.82) is 5.26 Å². The van der Waals surface area contributed by atoms with E-state index in [9.17, 15) is 4.79 Å². The van der Waals surface area contributed by atoms with Gasteiger partial charge in [0.15, 0.2) is 5.41 Å². The lowest BCUT2D eigenvalue weighted by Crippen LogP contribution is -2.30. The largest absolute Gasteiger partial charge is 0.465 e. The van der Waals surface area contributed by atoms with Gasteiger partial charge < -0.3 is 4.74 Å². The molecule has 0 saturated heterocycles. The molecule has 17 heavy (non-hydrogen) atoms. The van der Waals surface area contributed by atoms with Gasteiger partial charge in [-0.25, -0.2) is 0 Å². The Morgan fingerprint density at radius 1 is 1.65 bits per heavy atom. The fourth-order valence-electron chi connectivity index (χ4n) is 1.53. The summed E-state index contributed by atoms with van der Waals surface area (Å²) in [6, 6.07) is 2.03. The Kier molecular flexibility index (Phi) is 4.27. The lowest BCUT2D eigenvalue weighted by atomic mass is 9.86. The Morgan fingerprint density at radius 2 is 2.35 bits per heavy atom. The highest BCUT2D eigenvalue weighted by atomic mass is 16.5. The number of carbonyl (C=O) groups is 1. The van der Waals surface area contributed by atoms with Crippen LogP contribution in [0.1, 0.15) is 26.3 Å². The average Bonchev–Trinajstić information content (AvgIpc) is 2.76. The number of esters is 1. The van der Waals surface area contributed by atoms with E-state index in [0.717, 1.165) is 12.1 Å². The first kappa shape index (κ1) is 13.2. The van der Waals surface area contributed by atoms with Crippen molar-refractivity contribution in [2.45, 2.75) is 33.7 Å². The highest BCUT2D eigenvalue weighted by Gasteiger charge is 2.35. The van der Waals surface area contributed by atoms with E-state index in [1.807, 2.05) is 19.2 Å². The van der Waals surface area contributed by atoms with Gasteiger partial charge in [-0.05, 0) is 26.3 Å². The van der Waals surface area contributed by atoms with Crippen LogP contribution in [-0.4, -0.2) is 22.4 Å². The minimum absolute atomic E-state index is 0.282. The van der Waals surface area contributed by atoms with Crippen LogP contribution in [0.2, 0.25) is 0 Å². The van der Waals surface area contributed by atoms with Crippen molar-refractivity contribution in [2.75, 3.05) is 6.61 Å². The van der Waals surface area contributed by atoms with Gasteiger partial charge in [-0.1, -0.05) is 0 Å². The fourth-order valence-corrected chi connectivity index (χ4v) is 1.53. The summed E-state index contributed by atoms with van der Waals surface area (Å²) >= 11 is 0. The monoisotopic (exact) mass is 235 g/mol. The summed E-state index contributed by atoms with van der Waals surface area (Å²) in [6.45, 7) is 6.34. The maximum atomic E-state index is 11.7. The zero-order valence-electron chi connectivity index (χ0n) is 10.4. The quantitative estimate of drug-likeness (QED) is 0.726. The van der Waals surface area contributed by atoms with Crippen LogP contribution < -0.4 is 0 Å². The lowest BCUT2D eigenvalue weighted by molar-refractivity contribution is -0.151. The molecule has 0 fully saturated rings. The summed E-state index contributed by atoms with van der Waals surface area (Å²) in [5, 5.41) is 13.2. The zero-order valence-corrected chi connectivity index (χ0v) is 10.4. The molecular weight excluding hydrogens is 218 g/mol. The van der Waals surface area contributed by atoms with Crippen molar-refractivity contribution < 1.29 is 9.53 Å².